The van der Waals surface area contributed by atoms with Crippen molar-refractivity contribution in [2.24, 2.45) is 50.2 Å². The van der Waals surface area contributed by atoms with Gasteiger partial charge in [0.15, 0.2) is 67.9 Å². The van der Waals surface area contributed by atoms with Crippen LogP contribution in [0.5, 0.6) is 11.5 Å². The molecule has 0 spiro atoms. The third kappa shape index (κ3) is 20.3. The van der Waals surface area contributed by atoms with Gasteiger partial charge in [0.05, 0.1) is 76.6 Å². The van der Waals surface area contributed by atoms with E-state index in [0.717, 1.165) is 24.5 Å². The molecule has 0 radical (unpaired) electrons. The molecule has 24 N–H and O–H groups in total. The Morgan fingerprint density at radius 1 is 0.435 bits per heavy atom. The van der Waals surface area contributed by atoms with Crippen LogP contribution < -0.4 is 4.74 Å². The summed E-state index contributed by atoms with van der Waals surface area (Å²) in [7, 11) is 1.32. The average Bonchev–Trinajstić information content (AvgIpc) is 0.672. The Labute approximate surface area is 795 Å². The first-order valence-corrected chi connectivity index (χ1v) is 47.6. The fourth-order valence-electron chi connectivity index (χ4n) is 24.2. The first kappa shape index (κ1) is 108. The number of hydrogen-bond acceptors (Lipinski definition) is 46. The predicted molar refractivity (Wildman–Crippen MR) is 457 cm³/mol. The second kappa shape index (κ2) is 42.5. The summed E-state index contributed by atoms with van der Waals surface area (Å²) < 4.78 is 118. The van der Waals surface area contributed by atoms with E-state index >= 15 is 4.79 Å². The Kier molecular flexibility index (Phi) is 33.2. The number of methoxy groups -OCH3 is 1. The van der Waals surface area contributed by atoms with Crippen LogP contribution in [0.25, 0.3) is 6.08 Å². The van der Waals surface area contributed by atoms with Crippen molar-refractivity contribution in [2.75, 3.05) is 46.8 Å². The number of phenols is 1. The standard InChI is InChI=1S/C92H142O46/c1-34-52(98)59(105)66(112)77(124-34)121-32-46-57(103)62(108)76(133-51(97)17-13-37-12-15-42(119-11)40(95)26-37)85(131-46)135-73-44(29-94)128-81(70(116)64(73)110)129-47-33-123-79(65(111)58(47)104)136-74-54(100)36(3)126-83(71(74)117)137-75-55(101)41(96)30-120-84(75)132-50-19-20-89(8)48(88(50,6)7)18-21-91(10)49(89)16-14-38-39-27-87(4,5)22-24-92(39,25-23-90(38,91)9)86(118)138-82-68(114)61(107)56(102)45(130-82)31-122-78-69(115)63(109)72(43(28-93)127-78)134-80-67(113)60(106)53(99)35(2)125-80/h12-15,17,26,34-36,39,41,43-50,52-85,93-96,98-117H,16,18-25,27-33H2,1-11H3/b17-13+/t34?,35?,36?,39-,41?,43?,44?,45?,46?,47?,48-,49+,50-,52?,53?,54?,55?,56?,57?,58?,59?,60?,61?,62?,63?,64?,65?,66?,67?,68?,69?,70?,71+,72?,73?,74?,75?,76?,77?,78?,79?,80?,81?,82?,83?,84?,85?,89-,90+,91+,92-/m0/s1. The smallest absolute Gasteiger partial charge is 0.331 e. The van der Waals surface area contributed by atoms with Crippen molar-refractivity contribution in [3.8, 4) is 11.5 Å². The van der Waals surface area contributed by atoms with Crippen LogP contribution in [0.15, 0.2) is 35.9 Å². The number of ether oxygens (including phenoxy) is 20. The lowest BCUT2D eigenvalue weighted by atomic mass is 9.33. The third-order valence-corrected chi connectivity index (χ3v) is 32.9. The van der Waals surface area contributed by atoms with E-state index in [9.17, 15) is 127 Å². The lowest BCUT2D eigenvalue weighted by molar-refractivity contribution is -0.387. The molecule has 1 aromatic carbocycles. The number of aliphatic hydroxyl groups is 23. The van der Waals surface area contributed by atoms with Gasteiger partial charge in [0.2, 0.25) is 6.29 Å². The quantitative estimate of drug-likeness (QED) is 0.0177. The van der Waals surface area contributed by atoms with E-state index in [2.05, 4.69) is 54.5 Å². The number of phenolic OH excluding ortho intramolecular Hbond substituents is 1. The average molecular weight is 1980 g/mol. The number of hydrogen-bond donors (Lipinski definition) is 24. The van der Waals surface area contributed by atoms with Gasteiger partial charge >= 0.3 is 11.9 Å². The molecule has 46 heteroatoms. The summed E-state index contributed by atoms with van der Waals surface area (Å²) in [6.07, 6.45) is -65.8. The summed E-state index contributed by atoms with van der Waals surface area (Å²) in [5, 5.41) is 268. The van der Waals surface area contributed by atoms with Crippen LogP contribution in [0, 0.1) is 50.2 Å². The van der Waals surface area contributed by atoms with Gasteiger partial charge in [-0.25, -0.2) is 4.79 Å². The van der Waals surface area contributed by atoms with Crippen LogP contribution in [-0.2, 0) is 99.6 Å². The number of allylic oxidation sites excluding steroid dienone is 2. The molecule has 4 saturated carbocycles. The molecule has 0 amide bonds. The van der Waals surface area contributed by atoms with Crippen LogP contribution in [0.1, 0.15) is 139 Å². The van der Waals surface area contributed by atoms with E-state index in [1.165, 1.54) is 52.2 Å². The number of aliphatic hydroxyl groups excluding tert-OH is 23. The zero-order valence-electron chi connectivity index (χ0n) is 78.6. The highest BCUT2D eigenvalue weighted by atomic mass is 16.8. The van der Waals surface area contributed by atoms with E-state index in [4.69, 9.17) is 94.7 Å². The Hall–Kier alpha value is -4.36. The van der Waals surface area contributed by atoms with E-state index in [1.54, 1.807) is 0 Å². The van der Waals surface area contributed by atoms with E-state index in [1.807, 2.05) is 0 Å². The van der Waals surface area contributed by atoms with Crippen LogP contribution >= 0.6 is 0 Å². The molecule has 9 heterocycles. The molecule has 0 bridgehead atoms. The normalized spacial score (nSPS) is 50.8. The van der Waals surface area contributed by atoms with Gasteiger partial charge in [-0.05, 0) is 154 Å². The maximum atomic E-state index is 15.5. The summed E-state index contributed by atoms with van der Waals surface area (Å²) in [5.41, 5.74) is -1.70. The van der Waals surface area contributed by atoms with Crippen LogP contribution in [0.3, 0.4) is 0 Å². The zero-order valence-corrected chi connectivity index (χ0v) is 78.6. The molecule has 786 valence electrons. The number of fused-ring (bicyclic) bond motifs is 7. The van der Waals surface area contributed by atoms with Crippen molar-refractivity contribution in [3.63, 3.8) is 0 Å². The Bertz CT molecular complexity index is 4300. The van der Waals surface area contributed by atoms with Crippen molar-refractivity contribution < 1.29 is 227 Å². The monoisotopic (exact) mass is 1980 g/mol. The lowest BCUT2D eigenvalue weighted by Gasteiger charge is -2.71. The third-order valence-electron chi connectivity index (χ3n) is 32.9. The van der Waals surface area contributed by atoms with E-state index < -0.39 is 338 Å². The summed E-state index contributed by atoms with van der Waals surface area (Å²) in [6, 6.07) is 4.14. The molecule has 138 heavy (non-hydrogen) atoms. The number of esters is 2. The summed E-state index contributed by atoms with van der Waals surface area (Å²) in [6.45, 7) is 15.4. The number of carbonyl (C=O) groups excluding carboxylic acids is 2. The number of rotatable bonds is 26. The topological polar surface area (TPSA) is 704 Å². The number of benzene rings is 1. The van der Waals surface area contributed by atoms with Crippen molar-refractivity contribution in [2.45, 2.75) is 404 Å². The SMILES string of the molecule is COc1ccc(/C=C/C(=O)OC2C(OC3C(CO)OC(OC4COC(OC5C(O)C(C)OC(OC6C(O[C@H]7CC[C@]8(C)[C@H]9CC=C%10[C@@H]%11CC(C)(C)CC[C@]%11(C(=O)OC%11OC(COC%12OC(CO)C(OC%13OC(C)C(O)C(O)C%13O)C(O)C%12O)C(O)C(O)C%11O)CC[C@@]%10(C)[C@]9(C)CC[C@H]8C7(C)C)OCC(O)C6O)[C@@H]5O)C(O)C4O)C(O)C3O)OC(COC3OC(C)C(O)C(O)C3O)C(O)C2O)cc1O. The van der Waals surface area contributed by atoms with Crippen molar-refractivity contribution in [1.29, 1.82) is 0 Å². The molecule has 51 atom stereocenters. The first-order chi connectivity index (χ1) is 65.0. The second-order valence-corrected chi connectivity index (χ2v) is 42.1. The summed E-state index contributed by atoms with van der Waals surface area (Å²) in [4.78, 5) is 29.0. The minimum Gasteiger partial charge on any atom is -0.504 e. The molecule has 5 aliphatic carbocycles. The highest BCUT2D eigenvalue weighted by Gasteiger charge is 2.71. The fraction of sp³-hybridized carbons (Fsp3) is 0.870. The molecule has 9 saturated heterocycles. The van der Waals surface area contributed by atoms with Gasteiger partial charge in [-0.2, -0.15) is 0 Å². The molecule has 9 aliphatic heterocycles. The van der Waals surface area contributed by atoms with E-state index in [0.29, 0.717) is 51.4 Å². The van der Waals surface area contributed by atoms with Crippen LogP contribution in [0.2, 0.25) is 0 Å². The highest BCUT2D eigenvalue weighted by Crippen LogP contribution is 2.76. The molecule has 15 rings (SSSR count). The molecule has 42 unspecified atom stereocenters. The zero-order chi connectivity index (χ0) is 100. The van der Waals surface area contributed by atoms with Gasteiger partial charge < -0.3 is 217 Å². The summed E-state index contributed by atoms with van der Waals surface area (Å²) in [5.74, 6) is -2.25. The van der Waals surface area contributed by atoms with Gasteiger partial charge in [-0.3, -0.25) is 4.79 Å². The van der Waals surface area contributed by atoms with Gasteiger partial charge in [0.1, 0.15) is 183 Å². The van der Waals surface area contributed by atoms with E-state index in [-0.39, 0.29) is 51.1 Å². The fourth-order valence-corrected chi connectivity index (χ4v) is 24.2. The molecule has 0 aromatic heterocycles. The van der Waals surface area contributed by atoms with Crippen molar-refractivity contribution in [1.82, 2.24) is 0 Å². The molecule has 1 aromatic rings. The maximum absolute atomic E-state index is 15.5. The minimum absolute atomic E-state index is 0.00924. The Morgan fingerprint density at radius 3 is 1.57 bits per heavy atom. The minimum atomic E-state index is -2.19. The highest BCUT2D eigenvalue weighted by molar-refractivity contribution is 5.87. The second-order valence-electron chi connectivity index (χ2n) is 42.1. The summed E-state index contributed by atoms with van der Waals surface area (Å²) >= 11 is 0. The van der Waals surface area contributed by atoms with Crippen molar-refractivity contribution >= 4 is 18.0 Å². The van der Waals surface area contributed by atoms with Gasteiger partial charge in [-0.1, -0.05) is 66.2 Å². The van der Waals surface area contributed by atoms with Gasteiger partial charge in [0.25, 0.3) is 0 Å². The maximum Gasteiger partial charge on any atom is 0.331 e. The van der Waals surface area contributed by atoms with Crippen LogP contribution in [-0.4, -0.2) is 451 Å². The predicted octanol–water partition coefficient (Wildman–Crippen LogP) is -6.57. The number of aromatic hydroxyl groups is 1. The van der Waals surface area contributed by atoms with Crippen molar-refractivity contribution in [3.05, 3.63) is 41.5 Å². The molecule has 14 aliphatic rings. The largest absolute Gasteiger partial charge is 0.504 e. The number of carbonyl (C=O) groups is 2. The molecular formula is C92H142O46. The lowest BCUT2D eigenvalue weighted by Crippen LogP contribution is -2.67. The van der Waals surface area contributed by atoms with Crippen LogP contribution in [0.4, 0.5) is 0 Å². The molecule has 13 fully saturated rings. The Morgan fingerprint density at radius 2 is 0.935 bits per heavy atom. The molecule has 46 nitrogen and oxygen atoms in total. The van der Waals surface area contributed by atoms with Gasteiger partial charge in [-0.15, -0.1) is 0 Å². The first-order valence-electron chi connectivity index (χ1n) is 47.6. The van der Waals surface area contributed by atoms with Gasteiger partial charge in [0, 0.05) is 6.08 Å². The molecular weight excluding hydrogens is 1840 g/mol. The Balaban J connectivity index is 0.567.